The Hall–Kier alpha value is -0.120. The molecule has 0 aromatic carbocycles. The second-order valence-corrected chi connectivity index (χ2v) is 2.66. The maximum absolute atomic E-state index is 4.19. The lowest BCUT2D eigenvalue weighted by molar-refractivity contribution is 1.14. The van der Waals surface area contributed by atoms with Gasteiger partial charge in [-0.05, 0) is 18.6 Å². The van der Waals surface area contributed by atoms with Crippen LogP contribution in [0.5, 0.6) is 0 Å². The summed E-state index contributed by atoms with van der Waals surface area (Å²) in [6, 6.07) is 4.05. The van der Waals surface area contributed by atoms with E-state index in [2.05, 4.69) is 40.6 Å². The van der Waals surface area contributed by atoms with Gasteiger partial charge in [0.1, 0.15) is 0 Å². The molecule has 48 valence electrons. The summed E-state index contributed by atoms with van der Waals surface area (Å²) >= 11 is 2.32. The average molecular weight is 233 g/mol. The smallest absolute Gasteiger partial charge is 0.0530 e. The number of aryl methyl sites for hydroxylation is 1. The van der Waals surface area contributed by atoms with E-state index in [1.165, 1.54) is 11.3 Å². The van der Waals surface area contributed by atoms with Gasteiger partial charge in [0.2, 0.25) is 0 Å². The summed E-state index contributed by atoms with van der Waals surface area (Å²) < 4.78 is 1.00. The molecule has 0 saturated carbocycles. The van der Waals surface area contributed by atoms with Gasteiger partial charge in [-0.3, -0.25) is 4.98 Å². The van der Waals surface area contributed by atoms with Crippen LogP contribution in [0.2, 0.25) is 0 Å². The van der Waals surface area contributed by atoms with Gasteiger partial charge >= 0.3 is 0 Å². The normalized spacial score (nSPS) is 9.56. The van der Waals surface area contributed by atoms with Crippen LogP contribution in [0.3, 0.4) is 0 Å². The Balaban J connectivity index is 3.01. The number of halogens is 1. The van der Waals surface area contributed by atoms with Crippen LogP contribution in [-0.4, -0.2) is 4.98 Å². The molecule has 1 heterocycles. The fourth-order valence-corrected chi connectivity index (χ4v) is 1.46. The zero-order valence-electron chi connectivity index (χ0n) is 5.26. The number of rotatable bonds is 1. The van der Waals surface area contributed by atoms with E-state index in [1.807, 2.05) is 12.3 Å². The highest BCUT2D eigenvalue weighted by Gasteiger charge is 1.92. The van der Waals surface area contributed by atoms with E-state index >= 15 is 0 Å². The van der Waals surface area contributed by atoms with E-state index in [4.69, 9.17) is 0 Å². The summed E-state index contributed by atoms with van der Waals surface area (Å²) in [5, 5.41) is 0. The Labute approximate surface area is 68.6 Å². The molecular formula is C7H8IN. The summed E-state index contributed by atoms with van der Waals surface area (Å²) in [6.45, 7) is 2.08. The Morgan fingerprint density at radius 1 is 1.67 bits per heavy atom. The Kier molecular flexibility index (Phi) is 2.45. The van der Waals surface area contributed by atoms with Crippen LogP contribution >= 0.6 is 22.6 Å². The van der Waals surface area contributed by atoms with Gasteiger partial charge in [0, 0.05) is 10.6 Å². The molecule has 0 saturated heterocycles. The van der Waals surface area contributed by atoms with Crippen molar-refractivity contribution in [2.75, 3.05) is 0 Å². The molecule has 0 fully saturated rings. The van der Waals surface area contributed by atoms with Gasteiger partial charge in [-0.1, -0.05) is 28.7 Å². The lowest BCUT2D eigenvalue weighted by Gasteiger charge is -1.96. The van der Waals surface area contributed by atoms with Crippen molar-refractivity contribution < 1.29 is 0 Å². The molecule has 9 heavy (non-hydrogen) atoms. The Morgan fingerprint density at radius 3 is 2.89 bits per heavy atom. The lowest BCUT2D eigenvalue weighted by Crippen LogP contribution is -1.86. The maximum atomic E-state index is 4.19. The van der Waals surface area contributed by atoms with Gasteiger partial charge in [-0.15, -0.1) is 0 Å². The Bertz CT molecular complexity index is 198. The number of hydrogen-bond donors (Lipinski definition) is 0. The number of pyridine rings is 1. The first-order valence-electron chi connectivity index (χ1n) is 2.81. The first-order valence-corrected chi connectivity index (χ1v) is 4.33. The van der Waals surface area contributed by atoms with Crippen LogP contribution < -0.4 is 0 Å². The van der Waals surface area contributed by atoms with Crippen molar-refractivity contribution >= 4 is 22.6 Å². The van der Waals surface area contributed by atoms with E-state index in [0.29, 0.717) is 0 Å². The summed E-state index contributed by atoms with van der Waals surface area (Å²) in [4.78, 5) is 4.19. The topological polar surface area (TPSA) is 12.9 Å². The summed E-state index contributed by atoms with van der Waals surface area (Å²) in [5.74, 6) is 0. The van der Waals surface area contributed by atoms with Crippen LogP contribution in [0.25, 0.3) is 0 Å². The molecule has 0 atom stereocenters. The van der Waals surface area contributed by atoms with Gasteiger partial charge in [0.05, 0.1) is 5.69 Å². The highest BCUT2D eigenvalue weighted by atomic mass is 127. The van der Waals surface area contributed by atoms with Crippen molar-refractivity contribution in [1.82, 2.24) is 4.98 Å². The molecule has 1 rings (SSSR count). The van der Waals surface area contributed by atoms with Gasteiger partial charge in [-0.25, -0.2) is 0 Å². The number of hydrogen-bond acceptors (Lipinski definition) is 1. The average Bonchev–Trinajstić information content (AvgIpc) is 1.89. The molecule has 1 aromatic rings. The van der Waals surface area contributed by atoms with Gasteiger partial charge in [0.15, 0.2) is 0 Å². The minimum Gasteiger partial charge on any atom is -0.260 e. The third kappa shape index (κ3) is 1.64. The number of alkyl halides is 1. The first kappa shape index (κ1) is 6.99. The largest absolute Gasteiger partial charge is 0.260 e. The first-order chi connectivity index (χ1) is 4.34. The Morgan fingerprint density at radius 2 is 2.44 bits per heavy atom. The van der Waals surface area contributed by atoms with Gasteiger partial charge in [-0.2, -0.15) is 0 Å². The number of aromatic nitrogens is 1. The molecular weight excluding hydrogens is 225 g/mol. The van der Waals surface area contributed by atoms with E-state index in [1.54, 1.807) is 0 Å². The highest BCUT2D eigenvalue weighted by molar-refractivity contribution is 14.1. The summed E-state index contributed by atoms with van der Waals surface area (Å²) in [6.07, 6.45) is 1.83. The standard InChI is InChI=1S/C7H8IN/c1-6-3-2-4-9-7(6)5-8/h2-4H,5H2,1H3. The van der Waals surface area contributed by atoms with Crippen LogP contribution in [-0.2, 0) is 4.43 Å². The van der Waals surface area contributed by atoms with E-state index < -0.39 is 0 Å². The quantitative estimate of drug-likeness (QED) is 0.535. The second kappa shape index (κ2) is 3.15. The van der Waals surface area contributed by atoms with Crippen molar-refractivity contribution in [2.24, 2.45) is 0 Å². The van der Waals surface area contributed by atoms with Crippen molar-refractivity contribution in [3.63, 3.8) is 0 Å². The fraction of sp³-hybridized carbons (Fsp3) is 0.286. The van der Waals surface area contributed by atoms with Crippen LogP contribution in [0.4, 0.5) is 0 Å². The fourth-order valence-electron chi connectivity index (χ4n) is 0.658. The van der Waals surface area contributed by atoms with Crippen molar-refractivity contribution in [3.05, 3.63) is 29.6 Å². The van der Waals surface area contributed by atoms with Crippen LogP contribution in [0.15, 0.2) is 18.3 Å². The van der Waals surface area contributed by atoms with E-state index in [-0.39, 0.29) is 0 Å². The zero-order chi connectivity index (χ0) is 6.69. The van der Waals surface area contributed by atoms with Gasteiger partial charge in [0.25, 0.3) is 0 Å². The van der Waals surface area contributed by atoms with Crippen molar-refractivity contribution in [2.45, 2.75) is 11.4 Å². The molecule has 0 aliphatic heterocycles. The molecule has 0 N–H and O–H groups in total. The predicted octanol–water partition coefficient (Wildman–Crippen LogP) is 2.33. The molecule has 0 aliphatic rings. The monoisotopic (exact) mass is 233 g/mol. The molecule has 0 aliphatic carbocycles. The SMILES string of the molecule is Cc1cccnc1CI. The van der Waals surface area contributed by atoms with Crippen LogP contribution in [0, 0.1) is 6.92 Å². The maximum Gasteiger partial charge on any atom is 0.0530 e. The molecule has 0 amide bonds. The third-order valence-corrected chi connectivity index (χ3v) is 1.97. The van der Waals surface area contributed by atoms with Crippen LogP contribution in [0.1, 0.15) is 11.3 Å². The van der Waals surface area contributed by atoms with Crippen molar-refractivity contribution in [1.29, 1.82) is 0 Å². The van der Waals surface area contributed by atoms with Gasteiger partial charge < -0.3 is 0 Å². The summed E-state index contributed by atoms with van der Waals surface area (Å²) in [7, 11) is 0. The van der Waals surface area contributed by atoms with E-state index in [0.717, 1.165) is 4.43 Å². The predicted molar refractivity (Wildman–Crippen MR) is 46.7 cm³/mol. The molecule has 0 radical (unpaired) electrons. The molecule has 1 nitrogen and oxygen atoms in total. The minimum atomic E-state index is 1.00. The molecule has 0 bridgehead atoms. The number of nitrogens with zero attached hydrogens (tertiary/aromatic N) is 1. The molecule has 0 unspecified atom stereocenters. The molecule has 1 aromatic heterocycles. The molecule has 2 heteroatoms. The molecule has 0 spiro atoms. The van der Waals surface area contributed by atoms with E-state index in [9.17, 15) is 0 Å². The third-order valence-electron chi connectivity index (χ3n) is 1.24. The lowest BCUT2D eigenvalue weighted by atomic mass is 10.2. The highest BCUT2D eigenvalue weighted by Crippen LogP contribution is 2.06. The zero-order valence-corrected chi connectivity index (χ0v) is 7.42. The second-order valence-electron chi connectivity index (χ2n) is 1.90. The summed E-state index contributed by atoms with van der Waals surface area (Å²) in [5.41, 5.74) is 2.48. The minimum absolute atomic E-state index is 1.00. The van der Waals surface area contributed by atoms with Crippen molar-refractivity contribution in [3.8, 4) is 0 Å².